The number of aromatic nitrogens is 1. The molecular formula is C32H38N6O3. The molecule has 0 aliphatic carbocycles. The number of nitrogen functional groups attached to an aromatic ring is 1. The van der Waals surface area contributed by atoms with Gasteiger partial charge < -0.3 is 31.6 Å². The van der Waals surface area contributed by atoms with Gasteiger partial charge in [0.15, 0.2) is 0 Å². The molecule has 0 saturated carbocycles. The Morgan fingerprint density at radius 3 is 2.41 bits per heavy atom. The zero-order chi connectivity index (χ0) is 29.2. The smallest absolute Gasteiger partial charge is 0.255 e. The first kappa shape index (κ1) is 29.4. The van der Waals surface area contributed by atoms with Crippen molar-refractivity contribution in [3.63, 3.8) is 0 Å². The van der Waals surface area contributed by atoms with Crippen LogP contribution in [0.15, 0.2) is 79.0 Å². The lowest BCUT2D eigenvalue weighted by atomic mass is 9.93. The molecule has 0 aliphatic rings. The van der Waals surface area contributed by atoms with Crippen LogP contribution in [0.1, 0.15) is 34.3 Å². The van der Waals surface area contributed by atoms with E-state index in [0.29, 0.717) is 55.8 Å². The van der Waals surface area contributed by atoms with Crippen LogP contribution >= 0.6 is 0 Å². The molecule has 214 valence electrons. The molecule has 0 bridgehead atoms. The second kappa shape index (κ2) is 14.1. The number of benzene rings is 3. The third-order valence-electron chi connectivity index (χ3n) is 6.92. The number of rotatable bonds is 13. The highest BCUT2D eigenvalue weighted by molar-refractivity contribution is 6.05. The lowest BCUT2D eigenvalue weighted by Crippen LogP contribution is -2.35. The van der Waals surface area contributed by atoms with Crippen molar-refractivity contribution < 1.29 is 14.4 Å². The number of likely N-dealkylation sites (N-methyl/N-ethyl adjacent to an activating group) is 1. The summed E-state index contributed by atoms with van der Waals surface area (Å²) >= 11 is 0. The summed E-state index contributed by atoms with van der Waals surface area (Å²) in [6.45, 7) is 1.19. The maximum absolute atomic E-state index is 13.4. The van der Waals surface area contributed by atoms with Crippen LogP contribution in [0.4, 0.5) is 11.4 Å². The minimum absolute atomic E-state index is 0.0306. The molecule has 0 aliphatic heterocycles. The number of hydrogen-bond acceptors (Lipinski definition) is 5. The van der Waals surface area contributed by atoms with E-state index in [9.17, 15) is 14.4 Å². The fourth-order valence-electron chi connectivity index (χ4n) is 4.72. The minimum Gasteiger partial charge on any atom is -0.397 e. The number of anilines is 2. The van der Waals surface area contributed by atoms with Crippen molar-refractivity contribution in [2.45, 2.75) is 25.8 Å². The highest BCUT2D eigenvalue weighted by atomic mass is 16.2. The molecule has 4 aromatic rings. The average Bonchev–Trinajstić information content (AvgIpc) is 3.37. The predicted molar refractivity (Wildman–Crippen MR) is 163 cm³/mol. The third kappa shape index (κ3) is 8.43. The Morgan fingerprint density at radius 1 is 0.927 bits per heavy atom. The fraction of sp³-hybridized carbons (Fsp3) is 0.281. The van der Waals surface area contributed by atoms with Crippen LogP contribution in [0.3, 0.4) is 0 Å². The van der Waals surface area contributed by atoms with Gasteiger partial charge in [-0.1, -0.05) is 42.5 Å². The van der Waals surface area contributed by atoms with Crippen molar-refractivity contribution in [3.8, 4) is 0 Å². The van der Waals surface area contributed by atoms with E-state index >= 15 is 0 Å². The van der Waals surface area contributed by atoms with Crippen LogP contribution in [0, 0.1) is 5.92 Å². The first-order valence-corrected chi connectivity index (χ1v) is 13.8. The molecule has 1 unspecified atom stereocenters. The highest BCUT2D eigenvalue weighted by Gasteiger charge is 2.20. The SMILES string of the molecule is CN(C)CC(=O)NCCCC(Cc1c[nH]c2ccccc12)C(=O)NCc1ccc(C(=O)Nc2ccccc2N)cc1. The number of H-pyrrole nitrogens is 1. The van der Waals surface area contributed by atoms with Crippen molar-refractivity contribution in [1.82, 2.24) is 20.5 Å². The van der Waals surface area contributed by atoms with Gasteiger partial charge in [0.25, 0.3) is 5.91 Å². The molecule has 4 rings (SSSR count). The summed E-state index contributed by atoms with van der Waals surface area (Å²) in [4.78, 5) is 43.1. The van der Waals surface area contributed by atoms with E-state index in [0.717, 1.165) is 22.0 Å². The standard InChI is InChI=1S/C32H38N6O3/c1-38(2)21-30(39)34-17-7-8-24(18-25-20-35-28-11-5-3-9-26(25)28)31(40)36-19-22-13-15-23(16-14-22)32(41)37-29-12-6-4-10-27(29)33/h3-6,9-16,20,24,35H,7-8,17-19,21,33H2,1-2H3,(H,34,39)(H,36,40)(H,37,41). The van der Waals surface area contributed by atoms with E-state index in [2.05, 4.69) is 27.0 Å². The molecule has 9 nitrogen and oxygen atoms in total. The summed E-state index contributed by atoms with van der Waals surface area (Å²) in [5.41, 5.74) is 10.5. The van der Waals surface area contributed by atoms with Gasteiger partial charge in [0.1, 0.15) is 0 Å². The van der Waals surface area contributed by atoms with Gasteiger partial charge in [-0.2, -0.15) is 0 Å². The van der Waals surface area contributed by atoms with Gasteiger partial charge in [0.05, 0.1) is 17.9 Å². The molecular weight excluding hydrogens is 516 g/mol. The zero-order valence-electron chi connectivity index (χ0n) is 23.6. The Bertz CT molecular complexity index is 1480. The van der Waals surface area contributed by atoms with Gasteiger partial charge in [0, 0.05) is 41.7 Å². The van der Waals surface area contributed by atoms with Gasteiger partial charge in [-0.15, -0.1) is 0 Å². The minimum atomic E-state index is -0.263. The average molecular weight is 555 g/mol. The summed E-state index contributed by atoms with van der Waals surface area (Å²) in [6.07, 6.45) is 3.88. The molecule has 0 spiro atoms. The van der Waals surface area contributed by atoms with Crippen LogP contribution in [0.5, 0.6) is 0 Å². The van der Waals surface area contributed by atoms with Crippen LogP contribution in [-0.4, -0.2) is 54.8 Å². The second-order valence-corrected chi connectivity index (χ2v) is 10.4. The fourth-order valence-corrected chi connectivity index (χ4v) is 4.72. The summed E-state index contributed by atoms with van der Waals surface area (Å²) in [6, 6.07) is 22.3. The summed E-state index contributed by atoms with van der Waals surface area (Å²) in [5, 5.41) is 9.93. The number of para-hydroxylation sites is 3. The van der Waals surface area contributed by atoms with Crippen molar-refractivity contribution >= 4 is 40.0 Å². The number of nitrogens with two attached hydrogens (primary N) is 1. The molecule has 41 heavy (non-hydrogen) atoms. The van der Waals surface area contributed by atoms with Gasteiger partial charge >= 0.3 is 0 Å². The Kier molecular flexibility index (Phi) is 10.1. The van der Waals surface area contributed by atoms with Crippen molar-refractivity contribution in [2.75, 3.05) is 38.2 Å². The van der Waals surface area contributed by atoms with E-state index in [4.69, 9.17) is 5.73 Å². The molecule has 9 heteroatoms. The summed E-state index contributed by atoms with van der Waals surface area (Å²) in [5.74, 6) is -0.593. The maximum Gasteiger partial charge on any atom is 0.255 e. The molecule has 0 radical (unpaired) electrons. The van der Waals surface area contributed by atoms with E-state index in [1.807, 2.05) is 67.7 Å². The highest BCUT2D eigenvalue weighted by Crippen LogP contribution is 2.23. The number of nitrogens with zero attached hydrogens (tertiary/aromatic N) is 1. The topological polar surface area (TPSA) is 132 Å². The van der Waals surface area contributed by atoms with Gasteiger partial charge in [0.2, 0.25) is 11.8 Å². The second-order valence-electron chi connectivity index (χ2n) is 10.4. The molecule has 1 atom stereocenters. The number of carbonyl (C=O) groups is 3. The first-order valence-electron chi connectivity index (χ1n) is 13.8. The molecule has 1 heterocycles. The molecule has 1 aromatic heterocycles. The molecule has 3 aromatic carbocycles. The molecule has 0 fully saturated rings. The van der Waals surface area contributed by atoms with Crippen LogP contribution in [-0.2, 0) is 22.6 Å². The Labute approximate surface area is 240 Å². The molecule has 3 amide bonds. The largest absolute Gasteiger partial charge is 0.397 e. The monoisotopic (exact) mass is 554 g/mol. The van der Waals surface area contributed by atoms with Crippen molar-refractivity contribution in [3.05, 3.63) is 95.7 Å². The van der Waals surface area contributed by atoms with E-state index in [1.54, 1.807) is 24.3 Å². The predicted octanol–water partition coefficient (Wildman–Crippen LogP) is 3.94. The number of carbonyl (C=O) groups excluding carboxylic acids is 3. The third-order valence-corrected chi connectivity index (χ3v) is 6.92. The summed E-state index contributed by atoms with van der Waals surface area (Å²) in [7, 11) is 3.70. The number of amides is 3. The lowest BCUT2D eigenvalue weighted by molar-refractivity contribution is -0.125. The van der Waals surface area contributed by atoms with Crippen LogP contribution in [0.25, 0.3) is 10.9 Å². The number of aromatic amines is 1. The lowest BCUT2D eigenvalue weighted by Gasteiger charge is -2.17. The van der Waals surface area contributed by atoms with E-state index in [-0.39, 0.29) is 23.6 Å². The molecule has 6 N–H and O–H groups in total. The Morgan fingerprint density at radius 2 is 1.66 bits per heavy atom. The van der Waals surface area contributed by atoms with Crippen LogP contribution < -0.4 is 21.7 Å². The first-order chi connectivity index (χ1) is 19.8. The molecule has 0 saturated heterocycles. The number of hydrogen-bond donors (Lipinski definition) is 5. The van der Waals surface area contributed by atoms with Gasteiger partial charge in [-0.05, 0) is 74.8 Å². The summed E-state index contributed by atoms with van der Waals surface area (Å²) < 4.78 is 0. The van der Waals surface area contributed by atoms with E-state index < -0.39 is 0 Å². The number of nitrogens with one attached hydrogen (secondary N) is 4. The van der Waals surface area contributed by atoms with Gasteiger partial charge in [-0.3, -0.25) is 14.4 Å². The Balaban J connectivity index is 1.35. The normalized spacial score (nSPS) is 11.8. The number of fused-ring (bicyclic) bond motifs is 1. The van der Waals surface area contributed by atoms with Crippen molar-refractivity contribution in [1.29, 1.82) is 0 Å². The Hall–Kier alpha value is -4.63. The zero-order valence-corrected chi connectivity index (χ0v) is 23.6. The maximum atomic E-state index is 13.4. The van der Waals surface area contributed by atoms with Crippen molar-refractivity contribution in [2.24, 2.45) is 5.92 Å². The van der Waals surface area contributed by atoms with Crippen LogP contribution in [0.2, 0.25) is 0 Å². The van der Waals surface area contributed by atoms with E-state index in [1.165, 1.54) is 0 Å². The van der Waals surface area contributed by atoms with Gasteiger partial charge in [-0.25, -0.2) is 0 Å². The quantitative estimate of drug-likeness (QED) is 0.126.